The van der Waals surface area contributed by atoms with Crippen molar-refractivity contribution in [1.29, 1.82) is 0 Å². The summed E-state index contributed by atoms with van der Waals surface area (Å²) in [6, 6.07) is 4.68. The molecular weight excluding hydrogens is 304 g/mol. The lowest BCUT2D eigenvalue weighted by atomic mass is 9.87. The molecule has 0 bridgehead atoms. The molecule has 0 aliphatic carbocycles. The highest BCUT2D eigenvalue weighted by Crippen LogP contribution is 2.26. The number of halogens is 2. The third kappa shape index (κ3) is 3.98. The number of hydrogen-bond donors (Lipinski definition) is 2. The summed E-state index contributed by atoms with van der Waals surface area (Å²) in [6.07, 6.45) is 0. The van der Waals surface area contributed by atoms with Gasteiger partial charge in [-0.25, -0.2) is 0 Å². The molecule has 1 aromatic carbocycles. The zero-order valence-electron chi connectivity index (χ0n) is 10.1. The third-order valence-corrected chi connectivity index (χ3v) is 3.22. The van der Waals surface area contributed by atoms with Gasteiger partial charge < -0.3 is 11.1 Å². The summed E-state index contributed by atoms with van der Waals surface area (Å²) < 4.78 is 0.849. The van der Waals surface area contributed by atoms with Crippen LogP contribution in [-0.4, -0.2) is 11.9 Å². The Morgan fingerprint density at radius 2 is 2.06 bits per heavy atom. The molecular formula is C12H16BrClN2O. The van der Waals surface area contributed by atoms with Gasteiger partial charge in [0.15, 0.2) is 0 Å². The largest absolute Gasteiger partial charge is 0.323 e. The first-order valence-electron chi connectivity index (χ1n) is 5.23. The molecule has 0 aromatic heterocycles. The van der Waals surface area contributed by atoms with Gasteiger partial charge in [0.05, 0.1) is 16.8 Å². The summed E-state index contributed by atoms with van der Waals surface area (Å²) in [5, 5.41) is 3.22. The number of rotatable bonds is 2. The van der Waals surface area contributed by atoms with E-state index in [1.807, 2.05) is 26.8 Å². The summed E-state index contributed by atoms with van der Waals surface area (Å²) in [6.45, 7) is 5.75. The highest BCUT2D eigenvalue weighted by Gasteiger charge is 2.27. The van der Waals surface area contributed by atoms with Crippen molar-refractivity contribution >= 4 is 39.1 Å². The number of nitrogens with one attached hydrogen (secondary N) is 1. The Hall–Kier alpha value is -0.580. The van der Waals surface area contributed by atoms with Crippen molar-refractivity contribution in [2.75, 3.05) is 5.32 Å². The Morgan fingerprint density at radius 3 is 2.59 bits per heavy atom. The zero-order valence-corrected chi connectivity index (χ0v) is 12.4. The first kappa shape index (κ1) is 14.5. The number of nitrogens with two attached hydrogens (primary N) is 1. The van der Waals surface area contributed by atoms with Gasteiger partial charge in [-0.1, -0.05) is 48.3 Å². The van der Waals surface area contributed by atoms with E-state index in [1.165, 1.54) is 0 Å². The van der Waals surface area contributed by atoms with Crippen molar-refractivity contribution in [2.24, 2.45) is 11.1 Å². The Morgan fingerprint density at radius 1 is 1.47 bits per heavy atom. The molecule has 0 aliphatic heterocycles. The monoisotopic (exact) mass is 318 g/mol. The lowest BCUT2D eigenvalue weighted by Gasteiger charge is -2.26. The van der Waals surface area contributed by atoms with Gasteiger partial charge in [0.2, 0.25) is 5.91 Å². The van der Waals surface area contributed by atoms with Crippen LogP contribution in [-0.2, 0) is 4.79 Å². The molecule has 0 heterocycles. The number of anilines is 1. The second-order valence-corrected chi connectivity index (χ2v) is 6.28. The molecule has 3 nitrogen and oxygen atoms in total. The quantitative estimate of drug-likeness (QED) is 0.877. The van der Waals surface area contributed by atoms with E-state index in [4.69, 9.17) is 17.3 Å². The molecule has 1 atom stereocenters. The van der Waals surface area contributed by atoms with E-state index in [9.17, 15) is 4.79 Å². The molecule has 0 saturated heterocycles. The summed E-state index contributed by atoms with van der Waals surface area (Å²) >= 11 is 9.30. The number of carbonyl (C=O) groups is 1. The van der Waals surface area contributed by atoms with Crippen LogP contribution in [0, 0.1) is 5.41 Å². The maximum Gasteiger partial charge on any atom is 0.241 e. The molecule has 94 valence electrons. The molecule has 0 fully saturated rings. The third-order valence-electron chi connectivity index (χ3n) is 2.40. The van der Waals surface area contributed by atoms with Crippen molar-refractivity contribution in [3.8, 4) is 0 Å². The minimum absolute atomic E-state index is 0.238. The summed E-state index contributed by atoms with van der Waals surface area (Å²) in [7, 11) is 0. The molecule has 1 aromatic rings. The van der Waals surface area contributed by atoms with Gasteiger partial charge in [-0.05, 0) is 23.6 Å². The number of benzene rings is 1. The second kappa shape index (κ2) is 5.38. The van der Waals surface area contributed by atoms with Crippen LogP contribution in [0.2, 0.25) is 5.02 Å². The number of amides is 1. The fraction of sp³-hybridized carbons (Fsp3) is 0.417. The average Bonchev–Trinajstić information content (AvgIpc) is 2.21. The molecule has 0 radical (unpaired) electrons. The van der Waals surface area contributed by atoms with Crippen molar-refractivity contribution < 1.29 is 4.79 Å². The van der Waals surface area contributed by atoms with E-state index < -0.39 is 6.04 Å². The van der Waals surface area contributed by atoms with Crippen molar-refractivity contribution in [2.45, 2.75) is 26.8 Å². The first-order valence-corrected chi connectivity index (χ1v) is 6.40. The standard InChI is InChI=1S/C12H16BrClN2O/c1-12(2,3)10(15)11(17)16-9-6-7(13)4-5-8(9)14/h4-6,10H,15H2,1-3H3,(H,16,17). The van der Waals surface area contributed by atoms with Gasteiger partial charge in [0.25, 0.3) is 0 Å². The minimum Gasteiger partial charge on any atom is -0.323 e. The van der Waals surface area contributed by atoms with Crippen LogP contribution >= 0.6 is 27.5 Å². The first-order chi connectivity index (χ1) is 7.71. The smallest absolute Gasteiger partial charge is 0.241 e. The summed E-state index contributed by atoms with van der Waals surface area (Å²) in [5.74, 6) is -0.238. The minimum atomic E-state index is -0.586. The van der Waals surface area contributed by atoms with Crippen molar-refractivity contribution in [3.63, 3.8) is 0 Å². The fourth-order valence-electron chi connectivity index (χ4n) is 1.20. The highest BCUT2D eigenvalue weighted by molar-refractivity contribution is 9.10. The van der Waals surface area contributed by atoms with E-state index >= 15 is 0 Å². The maximum atomic E-state index is 11.9. The van der Waals surface area contributed by atoms with Gasteiger partial charge in [0.1, 0.15) is 0 Å². The lowest BCUT2D eigenvalue weighted by Crippen LogP contribution is -2.45. The van der Waals surface area contributed by atoms with Crippen LogP contribution in [0.3, 0.4) is 0 Å². The second-order valence-electron chi connectivity index (χ2n) is 4.96. The topological polar surface area (TPSA) is 55.1 Å². The average molecular weight is 320 g/mol. The molecule has 1 amide bonds. The molecule has 1 rings (SSSR count). The number of hydrogen-bond acceptors (Lipinski definition) is 2. The molecule has 0 aliphatic rings. The summed E-state index contributed by atoms with van der Waals surface area (Å²) in [5.41, 5.74) is 6.14. The Labute approximate surface area is 115 Å². The number of carbonyl (C=O) groups excluding carboxylic acids is 1. The molecule has 1 unspecified atom stereocenters. The van der Waals surface area contributed by atoms with E-state index in [2.05, 4.69) is 21.2 Å². The van der Waals surface area contributed by atoms with Crippen LogP contribution in [0.1, 0.15) is 20.8 Å². The normalized spacial score (nSPS) is 13.3. The van der Waals surface area contributed by atoms with Gasteiger partial charge >= 0.3 is 0 Å². The zero-order chi connectivity index (χ0) is 13.2. The van der Waals surface area contributed by atoms with E-state index in [0.717, 1.165) is 4.47 Å². The predicted molar refractivity (Wildman–Crippen MR) is 75.2 cm³/mol. The maximum absolute atomic E-state index is 11.9. The van der Waals surface area contributed by atoms with Gasteiger partial charge in [-0.2, -0.15) is 0 Å². The molecule has 0 spiro atoms. The SMILES string of the molecule is CC(C)(C)C(N)C(=O)Nc1cc(Br)ccc1Cl. The van der Waals surface area contributed by atoms with Crippen LogP contribution in [0.25, 0.3) is 0 Å². The van der Waals surface area contributed by atoms with E-state index in [1.54, 1.807) is 12.1 Å². The Balaban J connectivity index is 2.85. The fourth-order valence-corrected chi connectivity index (χ4v) is 1.72. The molecule has 3 N–H and O–H groups in total. The van der Waals surface area contributed by atoms with Gasteiger partial charge in [-0.15, -0.1) is 0 Å². The summed E-state index contributed by atoms with van der Waals surface area (Å²) in [4.78, 5) is 11.9. The van der Waals surface area contributed by atoms with Crippen LogP contribution in [0.15, 0.2) is 22.7 Å². The lowest BCUT2D eigenvalue weighted by molar-refractivity contribution is -0.119. The Kier molecular flexibility index (Phi) is 4.58. The highest BCUT2D eigenvalue weighted by atomic mass is 79.9. The Bertz CT molecular complexity index is 429. The van der Waals surface area contributed by atoms with Crippen molar-refractivity contribution in [1.82, 2.24) is 0 Å². The van der Waals surface area contributed by atoms with Crippen LogP contribution < -0.4 is 11.1 Å². The molecule has 0 saturated carbocycles. The van der Waals surface area contributed by atoms with Gasteiger partial charge in [0, 0.05) is 4.47 Å². The van der Waals surface area contributed by atoms with Crippen LogP contribution in [0.5, 0.6) is 0 Å². The molecule has 17 heavy (non-hydrogen) atoms. The predicted octanol–water partition coefficient (Wildman–Crippen LogP) is 3.41. The molecule has 5 heteroatoms. The van der Waals surface area contributed by atoms with E-state index in [0.29, 0.717) is 10.7 Å². The van der Waals surface area contributed by atoms with Gasteiger partial charge in [-0.3, -0.25) is 4.79 Å². The van der Waals surface area contributed by atoms with E-state index in [-0.39, 0.29) is 11.3 Å². The van der Waals surface area contributed by atoms with Crippen molar-refractivity contribution in [3.05, 3.63) is 27.7 Å². The van der Waals surface area contributed by atoms with Crippen LogP contribution in [0.4, 0.5) is 5.69 Å².